The summed E-state index contributed by atoms with van der Waals surface area (Å²) >= 11 is 0. The van der Waals surface area contributed by atoms with Crippen LogP contribution in [0.4, 0.5) is 0 Å². The minimum absolute atomic E-state index is 0.0389. The fourth-order valence-electron chi connectivity index (χ4n) is 5.17. The molecule has 0 aliphatic rings. The molecule has 7 nitrogen and oxygen atoms in total. The van der Waals surface area contributed by atoms with Crippen molar-refractivity contribution in [1.29, 1.82) is 0 Å². The maximum Gasteiger partial charge on any atom is 0.325 e. The van der Waals surface area contributed by atoms with Crippen LogP contribution in [0.3, 0.4) is 0 Å². The highest BCUT2D eigenvalue weighted by atomic mass is 16.5. The Morgan fingerprint density at radius 3 is 1.86 bits per heavy atom. The number of esters is 2. The Bertz CT molecular complexity index is 830. The first kappa shape index (κ1) is 38.6. The molecule has 0 spiro atoms. The Morgan fingerprint density at radius 2 is 1.28 bits per heavy atom. The number of nitrogens with zero attached hydrogens (tertiary/aromatic N) is 1. The van der Waals surface area contributed by atoms with Gasteiger partial charge in [-0.3, -0.25) is 14.4 Å². The van der Waals surface area contributed by atoms with Crippen LogP contribution in [0.25, 0.3) is 0 Å². The third-order valence-electron chi connectivity index (χ3n) is 7.82. The Hall–Kier alpha value is -2.41. The van der Waals surface area contributed by atoms with Crippen molar-refractivity contribution in [3.05, 3.63) is 35.9 Å². The normalized spacial score (nSPS) is 11.7. The number of hydrogen-bond donors (Lipinski definition) is 1. The molecule has 0 aromatic heterocycles. The second-order valence-corrected chi connectivity index (χ2v) is 11.8. The number of ether oxygens (including phenoxy) is 2. The van der Waals surface area contributed by atoms with Gasteiger partial charge in [0, 0.05) is 19.6 Å². The predicted molar refractivity (Wildman–Crippen MR) is 173 cm³/mol. The number of amides is 1. The van der Waals surface area contributed by atoms with Crippen LogP contribution in [0.5, 0.6) is 0 Å². The number of carbonyl (C=O) groups is 3. The summed E-state index contributed by atoms with van der Waals surface area (Å²) in [6, 6.07) is 9.40. The molecule has 0 bridgehead atoms. The molecule has 0 saturated heterocycles. The molecule has 1 aromatic carbocycles. The zero-order valence-electron chi connectivity index (χ0n) is 27.4. The lowest BCUT2D eigenvalue weighted by atomic mass is 10.0. The number of rotatable bonds is 28. The summed E-state index contributed by atoms with van der Waals surface area (Å²) in [4.78, 5) is 40.1. The van der Waals surface area contributed by atoms with Crippen molar-refractivity contribution < 1.29 is 29.0 Å². The van der Waals surface area contributed by atoms with Gasteiger partial charge < -0.3 is 19.5 Å². The minimum atomic E-state index is -0.508. The van der Waals surface area contributed by atoms with Crippen molar-refractivity contribution in [2.75, 3.05) is 19.7 Å². The lowest BCUT2D eigenvalue weighted by molar-refractivity contribution is -0.155. The molecule has 0 saturated carbocycles. The first-order valence-electron chi connectivity index (χ1n) is 17.3. The monoisotopic (exact) mass is 603 g/mol. The molecule has 0 heterocycles. The minimum Gasteiger partial charge on any atom is -0.462 e. The second kappa shape index (κ2) is 27.2. The highest BCUT2D eigenvalue weighted by molar-refractivity contribution is 5.82. The van der Waals surface area contributed by atoms with E-state index in [1.54, 1.807) is 0 Å². The highest BCUT2D eigenvalue weighted by Crippen LogP contribution is 2.17. The summed E-state index contributed by atoms with van der Waals surface area (Å²) in [7, 11) is 0. The van der Waals surface area contributed by atoms with Crippen molar-refractivity contribution in [1.82, 2.24) is 4.90 Å². The van der Waals surface area contributed by atoms with Gasteiger partial charge in [-0.1, -0.05) is 134 Å². The first-order valence-corrected chi connectivity index (χ1v) is 17.3. The smallest absolute Gasteiger partial charge is 0.325 e. The van der Waals surface area contributed by atoms with Crippen molar-refractivity contribution in [2.24, 2.45) is 0 Å². The molecule has 0 radical (unpaired) electrons. The van der Waals surface area contributed by atoms with E-state index < -0.39 is 12.1 Å². The Balaban J connectivity index is 2.63. The molecular weight excluding hydrogens is 542 g/mol. The number of carbonyl (C=O) groups excluding carboxylic acids is 3. The molecule has 1 amide bonds. The zero-order valence-corrected chi connectivity index (χ0v) is 27.4. The predicted octanol–water partition coefficient (Wildman–Crippen LogP) is 8.30. The molecule has 1 rings (SSSR count). The molecular formula is C36H61NO6. The summed E-state index contributed by atoms with van der Waals surface area (Å²) in [6.45, 7) is 4.54. The molecule has 0 unspecified atom stereocenters. The molecule has 246 valence electrons. The van der Waals surface area contributed by atoms with Crippen molar-refractivity contribution in [3.8, 4) is 0 Å². The van der Waals surface area contributed by atoms with Gasteiger partial charge in [0.2, 0.25) is 5.91 Å². The van der Waals surface area contributed by atoms with Crippen LogP contribution in [0.1, 0.15) is 148 Å². The van der Waals surface area contributed by atoms with Gasteiger partial charge in [0.1, 0.15) is 19.3 Å². The quantitative estimate of drug-likeness (QED) is 0.0765. The van der Waals surface area contributed by atoms with Gasteiger partial charge in [-0.2, -0.15) is 0 Å². The van der Waals surface area contributed by atoms with Crippen LogP contribution in [0.2, 0.25) is 0 Å². The van der Waals surface area contributed by atoms with Crippen molar-refractivity contribution >= 4 is 17.8 Å². The standard InChI is InChI=1S/C36H61NO6/c1-3-5-7-9-11-12-14-15-20-25-33(43-35(40)26-21-16-13-10-8-6-4-2)29-34(39)37(27-22-28-38)30-36(41)42-31-32-23-18-17-19-24-32/h17-19,23-24,33,38H,3-16,20-22,25-31H2,1-2H3/t33-/m1/s1. The third-order valence-corrected chi connectivity index (χ3v) is 7.82. The highest BCUT2D eigenvalue weighted by Gasteiger charge is 2.24. The number of hydrogen-bond acceptors (Lipinski definition) is 6. The summed E-state index contributed by atoms with van der Waals surface area (Å²) in [5.74, 6) is -0.997. The Morgan fingerprint density at radius 1 is 0.721 bits per heavy atom. The van der Waals surface area contributed by atoms with E-state index in [4.69, 9.17) is 9.47 Å². The van der Waals surface area contributed by atoms with Crippen LogP contribution < -0.4 is 0 Å². The van der Waals surface area contributed by atoms with Crippen molar-refractivity contribution in [2.45, 2.75) is 155 Å². The van der Waals surface area contributed by atoms with E-state index >= 15 is 0 Å². The summed E-state index contributed by atoms with van der Waals surface area (Å²) in [5, 5.41) is 9.37. The topological polar surface area (TPSA) is 93.1 Å². The molecule has 0 aliphatic heterocycles. The summed E-state index contributed by atoms with van der Waals surface area (Å²) in [5.41, 5.74) is 0.873. The van der Waals surface area contributed by atoms with Gasteiger partial charge in [-0.25, -0.2) is 0 Å². The van der Waals surface area contributed by atoms with Gasteiger partial charge >= 0.3 is 11.9 Å². The van der Waals surface area contributed by atoms with Crippen molar-refractivity contribution in [3.63, 3.8) is 0 Å². The number of aliphatic hydroxyl groups is 1. The van der Waals surface area contributed by atoms with Crippen LogP contribution >= 0.6 is 0 Å². The summed E-state index contributed by atoms with van der Waals surface area (Å²) < 4.78 is 11.2. The Kier molecular flexibility index (Phi) is 24.4. The SMILES string of the molecule is CCCCCCCCCCC[C@H](CC(=O)N(CCCO)CC(=O)OCc1ccccc1)OC(=O)CCCCCCCCC. The third kappa shape index (κ3) is 21.9. The molecule has 7 heteroatoms. The second-order valence-electron chi connectivity index (χ2n) is 11.8. The van der Waals surface area contributed by atoms with Crippen LogP contribution in [0, 0.1) is 0 Å². The maximum atomic E-state index is 13.3. The number of unbranched alkanes of at least 4 members (excludes halogenated alkanes) is 14. The molecule has 0 aliphatic carbocycles. The average molecular weight is 604 g/mol. The van der Waals surface area contributed by atoms with E-state index in [1.165, 1.54) is 69.1 Å². The molecule has 0 fully saturated rings. The van der Waals surface area contributed by atoms with Gasteiger partial charge in [0.15, 0.2) is 0 Å². The first-order chi connectivity index (χ1) is 21.0. The fraction of sp³-hybridized carbons (Fsp3) is 0.750. The van der Waals surface area contributed by atoms with E-state index in [0.717, 1.165) is 44.1 Å². The van der Waals surface area contributed by atoms with E-state index in [9.17, 15) is 19.5 Å². The molecule has 1 N–H and O–H groups in total. The van der Waals surface area contributed by atoms with Gasteiger partial charge in [0.05, 0.1) is 6.42 Å². The van der Waals surface area contributed by atoms with E-state index in [2.05, 4.69) is 13.8 Å². The lowest BCUT2D eigenvalue weighted by Gasteiger charge is -2.25. The van der Waals surface area contributed by atoms with E-state index in [-0.39, 0.29) is 44.6 Å². The number of aliphatic hydroxyl groups excluding tert-OH is 1. The average Bonchev–Trinajstić information content (AvgIpc) is 3.01. The Labute approximate surface area is 262 Å². The molecule has 1 atom stereocenters. The fourth-order valence-corrected chi connectivity index (χ4v) is 5.17. The van der Waals surface area contributed by atoms with Gasteiger partial charge in [-0.15, -0.1) is 0 Å². The van der Waals surface area contributed by atoms with Crippen LogP contribution in [0.15, 0.2) is 30.3 Å². The lowest BCUT2D eigenvalue weighted by Crippen LogP contribution is -2.39. The zero-order chi connectivity index (χ0) is 31.4. The molecule has 43 heavy (non-hydrogen) atoms. The van der Waals surface area contributed by atoms with Crippen LogP contribution in [-0.4, -0.2) is 53.7 Å². The largest absolute Gasteiger partial charge is 0.462 e. The summed E-state index contributed by atoms with van der Waals surface area (Å²) in [6.07, 6.45) is 19.5. The van der Waals surface area contributed by atoms with E-state index in [1.807, 2.05) is 30.3 Å². The maximum absolute atomic E-state index is 13.3. The van der Waals surface area contributed by atoms with Crippen LogP contribution in [-0.2, 0) is 30.5 Å². The van der Waals surface area contributed by atoms with Gasteiger partial charge in [-0.05, 0) is 31.2 Å². The van der Waals surface area contributed by atoms with E-state index in [0.29, 0.717) is 19.3 Å². The number of benzene rings is 1. The molecule has 1 aromatic rings. The van der Waals surface area contributed by atoms with Gasteiger partial charge in [0.25, 0.3) is 0 Å².